The van der Waals surface area contributed by atoms with Crippen molar-refractivity contribution in [1.29, 1.82) is 0 Å². The minimum atomic E-state index is -0.511. The number of hydrogen-bond donors (Lipinski definition) is 1. The Labute approximate surface area is 76.2 Å². The molecule has 13 heavy (non-hydrogen) atoms. The molecule has 0 spiro atoms. The molecule has 0 saturated heterocycles. The highest BCUT2D eigenvalue weighted by molar-refractivity contribution is 6.20. The van der Waals surface area contributed by atoms with Crippen LogP contribution >= 0.6 is 0 Å². The zero-order chi connectivity index (χ0) is 9.84. The van der Waals surface area contributed by atoms with E-state index >= 15 is 0 Å². The number of ether oxygens (including phenoxy) is 1. The molecule has 0 aromatic carbocycles. The van der Waals surface area contributed by atoms with E-state index in [0.29, 0.717) is 12.3 Å². The fourth-order valence-corrected chi connectivity index (χ4v) is 1.03. The molecule has 1 N–H and O–H groups in total. The van der Waals surface area contributed by atoms with E-state index in [1.54, 1.807) is 13.0 Å². The number of rotatable bonds is 3. The average Bonchev–Trinajstić information content (AvgIpc) is 2.42. The van der Waals surface area contributed by atoms with Gasteiger partial charge in [0.1, 0.15) is 17.9 Å². The summed E-state index contributed by atoms with van der Waals surface area (Å²) in [6.45, 7) is 5.53. The van der Waals surface area contributed by atoms with E-state index in [1.807, 2.05) is 0 Å². The smallest absolute Gasteiger partial charge is 0.344 e. The summed E-state index contributed by atoms with van der Waals surface area (Å²) in [5.74, 6) is -0.557. The Balaban J connectivity index is 2.87. The summed E-state index contributed by atoms with van der Waals surface area (Å²) in [5, 5.41) is 9.26. The summed E-state index contributed by atoms with van der Waals surface area (Å²) in [4.78, 5) is 15.0. The van der Waals surface area contributed by atoms with Crippen LogP contribution < -0.4 is 0 Å². The van der Waals surface area contributed by atoms with Crippen LogP contribution in [0.5, 0.6) is 0 Å². The first-order valence-electron chi connectivity index (χ1n) is 3.88. The Hall–Kier alpha value is -1.58. The van der Waals surface area contributed by atoms with Gasteiger partial charge in [-0.15, -0.1) is 6.58 Å². The van der Waals surface area contributed by atoms with Crippen molar-refractivity contribution in [1.82, 2.24) is 0 Å². The van der Waals surface area contributed by atoms with E-state index in [9.17, 15) is 9.90 Å². The highest BCUT2D eigenvalue weighted by Gasteiger charge is 2.26. The van der Waals surface area contributed by atoms with Crippen molar-refractivity contribution in [2.24, 2.45) is 4.99 Å². The highest BCUT2D eigenvalue weighted by atomic mass is 16.5. The number of carbonyl (C=O) groups excluding carboxylic acids is 1. The predicted octanol–water partition coefficient (Wildman–Crippen LogP) is 1.00. The van der Waals surface area contributed by atoms with Gasteiger partial charge in [-0.25, -0.2) is 4.79 Å². The molecule has 0 bridgehead atoms. The topological polar surface area (TPSA) is 58.9 Å². The zero-order valence-corrected chi connectivity index (χ0v) is 7.41. The van der Waals surface area contributed by atoms with Crippen molar-refractivity contribution >= 4 is 11.7 Å². The van der Waals surface area contributed by atoms with Gasteiger partial charge in [-0.2, -0.15) is 0 Å². The zero-order valence-electron chi connectivity index (χ0n) is 7.41. The fraction of sp³-hybridized carbons (Fsp3) is 0.333. The molecular formula is C9H11NO3. The second kappa shape index (κ2) is 3.89. The summed E-state index contributed by atoms with van der Waals surface area (Å²) in [6.07, 6.45) is 1.61. The van der Waals surface area contributed by atoms with Gasteiger partial charge in [-0.1, -0.05) is 6.08 Å². The molecule has 1 heterocycles. The molecule has 0 fully saturated rings. The highest BCUT2D eigenvalue weighted by Crippen LogP contribution is 2.14. The van der Waals surface area contributed by atoms with Crippen LogP contribution in [0, 0.1) is 0 Å². The lowest BCUT2D eigenvalue weighted by Crippen LogP contribution is -2.08. The van der Waals surface area contributed by atoms with Gasteiger partial charge in [-0.3, -0.25) is 4.99 Å². The maximum absolute atomic E-state index is 11.0. The van der Waals surface area contributed by atoms with E-state index in [2.05, 4.69) is 16.3 Å². The standard InChI is InChI=1S/C9H11NO3/c1-3-4-10-6(2)8-7(11)5-13-9(8)12/h3,11H,1,4-5H2,2H3. The summed E-state index contributed by atoms with van der Waals surface area (Å²) in [7, 11) is 0. The van der Waals surface area contributed by atoms with Gasteiger partial charge < -0.3 is 9.84 Å². The number of aliphatic hydroxyl groups is 1. The maximum atomic E-state index is 11.0. The number of aliphatic hydroxyl groups excluding tert-OH is 1. The van der Waals surface area contributed by atoms with Crippen molar-refractivity contribution < 1.29 is 14.6 Å². The van der Waals surface area contributed by atoms with Crippen LogP contribution in [0.15, 0.2) is 29.0 Å². The normalized spacial score (nSPS) is 17.6. The van der Waals surface area contributed by atoms with E-state index < -0.39 is 5.97 Å². The van der Waals surface area contributed by atoms with Crippen molar-refractivity contribution in [3.63, 3.8) is 0 Å². The predicted molar refractivity (Wildman–Crippen MR) is 48.8 cm³/mol. The van der Waals surface area contributed by atoms with Crippen molar-refractivity contribution in [3.8, 4) is 0 Å². The first kappa shape index (κ1) is 9.51. The van der Waals surface area contributed by atoms with Crippen LogP contribution in [-0.2, 0) is 9.53 Å². The van der Waals surface area contributed by atoms with Gasteiger partial charge in [0.05, 0.1) is 12.3 Å². The number of nitrogens with zero attached hydrogens (tertiary/aromatic N) is 1. The Morgan fingerprint density at radius 3 is 3.00 bits per heavy atom. The Kier molecular flexibility index (Phi) is 2.84. The third-order valence-corrected chi connectivity index (χ3v) is 1.65. The number of carbonyl (C=O) groups is 1. The third kappa shape index (κ3) is 1.96. The maximum Gasteiger partial charge on any atom is 0.344 e. The summed E-state index contributed by atoms with van der Waals surface area (Å²) in [6, 6.07) is 0. The first-order chi connectivity index (χ1) is 6.16. The molecule has 4 nitrogen and oxygen atoms in total. The number of esters is 1. The van der Waals surface area contributed by atoms with Crippen LogP contribution in [0.25, 0.3) is 0 Å². The minimum absolute atomic E-state index is 0.0460. The Morgan fingerprint density at radius 2 is 2.54 bits per heavy atom. The summed E-state index contributed by atoms with van der Waals surface area (Å²) < 4.78 is 4.61. The fourth-order valence-electron chi connectivity index (χ4n) is 1.03. The van der Waals surface area contributed by atoms with Gasteiger partial charge >= 0.3 is 5.97 Å². The molecule has 70 valence electrons. The van der Waals surface area contributed by atoms with Gasteiger partial charge in [-0.05, 0) is 6.92 Å². The second-order valence-electron chi connectivity index (χ2n) is 2.61. The molecule has 0 aromatic heterocycles. The molecule has 0 aliphatic carbocycles. The number of cyclic esters (lactones) is 1. The lowest BCUT2D eigenvalue weighted by atomic mass is 10.1. The Morgan fingerprint density at radius 1 is 1.85 bits per heavy atom. The molecule has 0 amide bonds. The molecule has 1 aliphatic rings. The number of hydrogen-bond acceptors (Lipinski definition) is 4. The Bertz CT molecular complexity index is 302. The molecular weight excluding hydrogens is 170 g/mol. The molecule has 0 unspecified atom stereocenters. The van der Waals surface area contributed by atoms with Gasteiger partial charge in [0.2, 0.25) is 0 Å². The van der Waals surface area contributed by atoms with E-state index in [0.717, 1.165) is 0 Å². The van der Waals surface area contributed by atoms with Gasteiger partial charge in [0, 0.05) is 0 Å². The quantitative estimate of drug-likeness (QED) is 0.401. The average molecular weight is 181 g/mol. The second-order valence-corrected chi connectivity index (χ2v) is 2.61. The monoisotopic (exact) mass is 181 g/mol. The minimum Gasteiger partial charge on any atom is -0.508 e. The SMILES string of the molecule is C=CCN=C(C)C1=C(O)COC1=O. The van der Waals surface area contributed by atoms with Crippen LogP contribution in [0.4, 0.5) is 0 Å². The lowest BCUT2D eigenvalue weighted by molar-refractivity contribution is -0.135. The first-order valence-corrected chi connectivity index (χ1v) is 3.88. The summed E-state index contributed by atoms with van der Waals surface area (Å²) >= 11 is 0. The van der Waals surface area contributed by atoms with Crippen LogP contribution in [0.2, 0.25) is 0 Å². The van der Waals surface area contributed by atoms with Crippen molar-refractivity contribution in [2.75, 3.05) is 13.2 Å². The van der Waals surface area contributed by atoms with Gasteiger partial charge in [0.25, 0.3) is 0 Å². The molecule has 1 aliphatic heterocycles. The largest absolute Gasteiger partial charge is 0.508 e. The summed E-state index contributed by atoms with van der Waals surface area (Å²) in [5.41, 5.74) is 0.668. The van der Waals surface area contributed by atoms with Crippen LogP contribution in [0.1, 0.15) is 6.92 Å². The van der Waals surface area contributed by atoms with Crippen LogP contribution in [-0.4, -0.2) is 29.9 Å². The van der Waals surface area contributed by atoms with Crippen molar-refractivity contribution in [2.45, 2.75) is 6.92 Å². The van der Waals surface area contributed by atoms with Crippen LogP contribution in [0.3, 0.4) is 0 Å². The molecule has 0 aromatic rings. The third-order valence-electron chi connectivity index (χ3n) is 1.65. The molecule has 4 heteroatoms. The van der Waals surface area contributed by atoms with E-state index in [-0.39, 0.29) is 17.9 Å². The van der Waals surface area contributed by atoms with Crippen molar-refractivity contribution in [3.05, 3.63) is 24.0 Å². The molecule has 0 saturated carbocycles. The van der Waals surface area contributed by atoms with Gasteiger partial charge in [0.15, 0.2) is 0 Å². The van der Waals surface area contributed by atoms with E-state index in [1.165, 1.54) is 0 Å². The molecule has 1 rings (SSSR count). The lowest BCUT2D eigenvalue weighted by Gasteiger charge is -1.97. The van der Waals surface area contributed by atoms with E-state index in [4.69, 9.17) is 0 Å². The molecule has 0 radical (unpaired) electrons. The molecule has 0 atom stereocenters. The number of aliphatic imine (C=N–C) groups is 1.